The smallest absolute Gasteiger partial charge is 0.225 e. The van der Waals surface area contributed by atoms with Crippen LogP contribution in [0.3, 0.4) is 0 Å². The van der Waals surface area contributed by atoms with Crippen molar-refractivity contribution >= 4 is 16.7 Å². The molecular weight excluding hydrogens is 258 g/mol. The molecular formula is C19H21NO. The van der Waals surface area contributed by atoms with Gasteiger partial charge in [-0.3, -0.25) is 4.79 Å². The third kappa shape index (κ3) is 3.25. The molecule has 0 spiro atoms. The molecule has 0 aliphatic rings. The summed E-state index contributed by atoms with van der Waals surface area (Å²) in [6, 6.07) is 14.1. The fraction of sp³-hybridized carbons (Fsp3) is 0.316. The van der Waals surface area contributed by atoms with E-state index in [4.69, 9.17) is 6.42 Å². The summed E-state index contributed by atoms with van der Waals surface area (Å²) in [5.74, 6) is 2.72. The molecule has 0 atom stereocenters. The van der Waals surface area contributed by atoms with E-state index in [9.17, 15) is 4.79 Å². The Balaban J connectivity index is 2.21. The van der Waals surface area contributed by atoms with Crippen LogP contribution in [0.4, 0.5) is 0 Å². The van der Waals surface area contributed by atoms with E-state index in [0.29, 0.717) is 6.42 Å². The molecule has 0 aromatic heterocycles. The van der Waals surface area contributed by atoms with E-state index in [1.54, 1.807) is 0 Å². The minimum absolute atomic E-state index is 0.0204. The lowest BCUT2D eigenvalue weighted by atomic mass is 9.93. The van der Waals surface area contributed by atoms with Crippen LogP contribution in [0.2, 0.25) is 0 Å². The van der Waals surface area contributed by atoms with Gasteiger partial charge in [-0.15, -0.1) is 6.42 Å². The average molecular weight is 279 g/mol. The van der Waals surface area contributed by atoms with Gasteiger partial charge in [0.25, 0.3) is 0 Å². The summed E-state index contributed by atoms with van der Waals surface area (Å²) in [4.78, 5) is 12.3. The van der Waals surface area contributed by atoms with Gasteiger partial charge in [0.05, 0.1) is 6.42 Å². The Bertz CT molecular complexity index is 672. The van der Waals surface area contributed by atoms with Gasteiger partial charge in [0.15, 0.2) is 0 Å². The zero-order valence-corrected chi connectivity index (χ0v) is 12.6. The highest BCUT2D eigenvalue weighted by atomic mass is 16.1. The van der Waals surface area contributed by atoms with Gasteiger partial charge >= 0.3 is 0 Å². The summed E-state index contributed by atoms with van der Waals surface area (Å²) in [5.41, 5.74) is 0.505. The predicted molar refractivity (Wildman–Crippen MR) is 87.9 cm³/mol. The Morgan fingerprint density at radius 3 is 2.48 bits per heavy atom. The molecule has 0 fully saturated rings. The molecule has 2 nitrogen and oxygen atoms in total. The highest BCUT2D eigenvalue weighted by molar-refractivity contribution is 5.90. The van der Waals surface area contributed by atoms with Crippen LogP contribution in [0.5, 0.6) is 0 Å². The first-order chi connectivity index (χ1) is 10.1. The van der Waals surface area contributed by atoms with Crippen LogP contribution in [-0.2, 0) is 11.2 Å². The van der Waals surface area contributed by atoms with Crippen molar-refractivity contribution in [3.05, 3.63) is 48.0 Å². The van der Waals surface area contributed by atoms with Crippen LogP contribution < -0.4 is 5.32 Å². The van der Waals surface area contributed by atoms with Gasteiger partial charge in [0.1, 0.15) is 5.54 Å². The maximum Gasteiger partial charge on any atom is 0.225 e. The summed E-state index contributed by atoms with van der Waals surface area (Å²) in [5, 5.41) is 5.29. The molecule has 0 bridgehead atoms. The quantitative estimate of drug-likeness (QED) is 0.831. The number of rotatable bonds is 5. The molecule has 0 aliphatic heterocycles. The first kappa shape index (κ1) is 15.1. The molecule has 2 aromatic carbocycles. The summed E-state index contributed by atoms with van der Waals surface area (Å²) >= 11 is 0. The summed E-state index contributed by atoms with van der Waals surface area (Å²) in [6.45, 7) is 4.00. The van der Waals surface area contributed by atoms with E-state index < -0.39 is 5.54 Å². The maximum absolute atomic E-state index is 12.3. The molecule has 0 unspecified atom stereocenters. The first-order valence-electron chi connectivity index (χ1n) is 7.39. The molecule has 0 aliphatic carbocycles. The molecule has 2 aromatic rings. The van der Waals surface area contributed by atoms with Gasteiger partial charge in [0.2, 0.25) is 5.91 Å². The van der Waals surface area contributed by atoms with Crippen molar-refractivity contribution in [1.82, 2.24) is 5.32 Å². The number of carbonyl (C=O) groups is 1. The largest absolute Gasteiger partial charge is 0.340 e. The van der Waals surface area contributed by atoms with E-state index in [1.807, 2.05) is 44.2 Å². The van der Waals surface area contributed by atoms with Crippen molar-refractivity contribution in [2.45, 2.75) is 38.6 Å². The summed E-state index contributed by atoms with van der Waals surface area (Å²) in [6.07, 6.45) is 7.42. The topological polar surface area (TPSA) is 29.1 Å². The number of nitrogens with one attached hydrogen (secondary N) is 1. The SMILES string of the molecule is C#CC(CC)(CC)NC(=O)Cc1cccc2ccccc12. The van der Waals surface area contributed by atoms with Crippen molar-refractivity contribution < 1.29 is 4.79 Å². The monoisotopic (exact) mass is 279 g/mol. The third-order valence-corrected chi connectivity index (χ3v) is 4.09. The molecule has 0 heterocycles. The van der Waals surface area contributed by atoms with Crippen molar-refractivity contribution in [2.24, 2.45) is 0 Å². The zero-order chi connectivity index (χ0) is 15.3. The number of terminal acetylenes is 1. The van der Waals surface area contributed by atoms with Gasteiger partial charge < -0.3 is 5.32 Å². The molecule has 0 radical (unpaired) electrons. The highest BCUT2D eigenvalue weighted by Gasteiger charge is 2.25. The number of fused-ring (bicyclic) bond motifs is 1. The second-order valence-electron chi connectivity index (χ2n) is 5.30. The van der Waals surface area contributed by atoms with Crippen molar-refractivity contribution in [2.75, 3.05) is 0 Å². The van der Waals surface area contributed by atoms with Crippen LogP contribution in [-0.4, -0.2) is 11.4 Å². The Labute approximate surface area is 126 Å². The lowest BCUT2D eigenvalue weighted by Gasteiger charge is -2.27. The van der Waals surface area contributed by atoms with Crippen LogP contribution in [0.15, 0.2) is 42.5 Å². The van der Waals surface area contributed by atoms with Crippen LogP contribution in [0, 0.1) is 12.3 Å². The second kappa shape index (κ2) is 6.45. The minimum atomic E-state index is -0.526. The minimum Gasteiger partial charge on any atom is -0.340 e. The first-order valence-corrected chi connectivity index (χ1v) is 7.39. The number of carbonyl (C=O) groups excluding carboxylic acids is 1. The number of amides is 1. The van der Waals surface area contributed by atoms with Crippen molar-refractivity contribution in [3.8, 4) is 12.3 Å². The molecule has 21 heavy (non-hydrogen) atoms. The maximum atomic E-state index is 12.3. The lowest BCUT2D eigenvalue weighted by Crippen LogP contribution is -2.47. The van der Waals surface area contributed by atoms with E-state index in [-0.39, 0.29) is 5.91 Å². The fourth-order valence-corrected chi connectivity index (χ4v) is 2.60. The molecule has 2 heteroatoms. The number of benzene rings is 2. The van der Waals surface area contributed by atoms with E-state index >= 15 is 0 Å². The van der Waals surface area contributed by atoms with E-state index in [1.165, 1.54) is 0 Å². The third-order valence-electron chi connectivity index (χ3n) is 4.09. The Morgan fingerprint density at radius 2 is 1.81 bits per heavy atom. The molecule has 0 saturated heterocycles. The zero-order valence-electron chi connectivity index (χ0n) is 12.6. The molecule has 1 N–H and O–H groups in total. The molecule has 2 rings (SSSR count). The number of hydrogen-bond donors (Lipinski definition) is 1. The Kier molecular flexibility index (Phi) is 4.65. The molecule has 1 amide bonds. The second-order valence-corrected chi connectivity index (χ2v) is 5.30. The van der Waals surface area contributed by atoms with Crippen LogP contribution >= 0.6 is 0 Å². The normalized spacial score (nSPS) is 11.1. The van der Waals surface area contributed by atoms with Crippen molar-refractivity contribution in [3.63, 3.8) is 0 Å². The lowest BCUT2D eigenvalue weighted by molar-refractivity contribution is -0.121. The highest BCUT2D eigenvalue weighted by Crippen LogP contribution is 2.20. The van der Waals surface area contributed by atoms with Gasteiger partial charge in [-0.05, 0) is 29.2 Å². The fourth-order valence-electron chi connectivity index (χ4n) is 2.60. The van der Waals surface area contributed by atoms with Gasteiger partial charge in [-0.25, -0.2) is 0 Å². The predicted octanol–water partition coefficient (Wildman–Crippen LogP) is 3.69. The average Bonchev–Trinajstić information content (AvgIpc) is 2.53. The van der Waals surface area contributed by atoms with E-state index in [0.717, 1.165) is 29.2 Å². The Morgan fingerprint density at radius 1 is 1.14 bits per heavy atom. The molecule has 108 valence electrons. The number of hydrogen-bond acceptors (Lipinski definition) is 1. The van der Waals surface area contributed by atoms with E-state index in [2.05, 4.69) is 23.4 Å². The van der Waals surface area contributed by atoms with Gasteiger partial charge in [-0.1, -0.05) is 62.2 Å². The van der Waals surface area contributed by atoms with Gasteiger partial charge in [-0.2, -0.15) is 0 Å². The van der Waals surface area contributed by atoms with Crippen LogP contribution in [0.1, 0.15) is 32.3 Å². The molecule has 0 saturated carbocycles. The summed E-state index contributed by atoms with van der Waals surface area (Å²) < 4.78 is 0. The van der Waals surface area contributed by atoms with Crippen molar-refractivity contribution in [1.29, 1.82) is 0 Å². The standard InChI is InChI=1S/C19H21NO/c1-4-19(5-2,6-3)20-18(21)14-16-12-9-11-15-10-7-8-13-17(15)16/h1,7-13H,5-6,14H2,2-3H3,(H,20,21). The Hall–Kier alpha value is -2.27. The van der Waals surface area contributed by atoms with Crippen LogP contribution in [0.25, 0.3) is 10.8 Å². The summed E-state index contributed by atoms with van der Waals surface area (Å²) in [7, 11) is 0. The van der Waals surface area contributed by atoms with Gasteiger partial charge in [0, 0.05) is 0 Å².